The second-order valence-electron chi connectivity index (χ2n) is 3.51. The summed E-state index contributed by atoms with van der Waals surface area (Å²) >= 11 is 6.45. The maximum absolute atomic E-state index is 11.1. The molecule has 1 rings (SSSR count). The summed E-state index contributed by atoms with van der Waals surface area (Å²) < 4.78 is 1.03. The minimum atomic E-state index is -0.856. The lowest BCUT2D eigenvalue weighted by Gasteiger charge is -2.16. The van der Waals surface area contributed by atoms with Gasteiger partial charge in [-0.3, -0.25) is 0 Å². The van der Waals surface area contributed by atoms with Gasteiger partial charge in [-0.15, -0.1) is 0 Å². The van der Waals surface area contributed by atoms with Gasteiger partial charge in [0.05, 0.1) is 5.56 Å². The highest BCUT2D eigenvalue weighted by Crippen LogP contribution is 2.29. The summed E-state index contributed by atoms with van der Waals surface area (Å²) in [5.41, 5.74) is 4.29. The van der Waals surface area contributed by atoms with Crippen LogP contribution in [0.25, 0.3) is 0 Å². The molecule has 1 aromatic carbocycles. The normalized spacial score (nSPS) is 10.5. The zero-order chi connectivity index (χ0) is 11.7. The standard InChI is InChI=1S/C11H13IO2S/c1-5-8(4-15)6(2)10(12)7(3)9(5)11(13)14/h15H,4H2,1-3H3,(H,13,14). The lowest BCUT2D eigenvalue weighted by molar-refractivity contribution is 0.0695. The largest absolute Gasteiger partial charge is 0.478 e. The fourth-order valence-electron chi connectivity index (χ4n) is 1.79. The summed E-state index contributed by atoms with van der Waals surface area (Å²) in [4.78, 5) is 11.1. The summed E-state index contributed by atoms with van der Waals surface area (Å²) in [7, 11) is 0. The molecule has 0 bridgehead atoms. The molecule has 2 nitrogen and oxygen atoms in total. The summed E-state index contributed by atoms with van der Waals surface area (Å²) in [5.74, 6) is -0.278. The Morgan fingerprint density at radius 2 is 1.80 bits per heavy atom. The summed E-state index contributed by atoms with van der Waals surface area (Å²) in [5, 5.41) is 9.15. The molecule has 4 heteroatoms. The van der Waals surface area contributed by atoms with E-state index in [4.69, 9.17) is 5.11 Å². The number of carboxylic acids is 1. The molecular formula is C11H13IO2S. The van der Waals surface area contributed by atoms with Crippen molar-refractivity contribution in [2.45, 2.75) is 26.5 Å². The lowest BCUT2D eigenvalue weighted by Crippen LogP contribution is -2.09. The van der Waals surface area contributed by atoms with Crippen molar-refractivity contribution in [1.29, 1.82) is 0 Å². The second-order valence-corrected chi connectivity index (χ2v) is 4.90. The molecule has 0 fully saturated rings. The predicted octanol–water partition coefficient (Wildman–Crippen LogP) is 3.34. The van der Waals surface area contributed by atoms with Crippen LogP contribution in [0.5, 0.6) is 0 Å². The van der Waals surface area contributed by atoms with Crippen LogP contribution in [0, 0.1) is 24.3 Å². The fraction of sp³-hybridized carbons (Fsp3) is 0.364. The average Bonchev–Trinajstić information content (AvgIpc) is 2.15. The molecule has 0 radical (unpaired) electrons. The molecule has 0 heterocycles. The van der Waals surface area contributed by atoms with Crippen LogP contribution in [0.1, 0.15) is 32.6 Å². The SMILES string of the molecule is Cc1c(I)c(C)c(C(=O)O)c(C)c1CS. The third-order valence-electron chi connectivity index (χ3n) is 2.69. The van der Waals surface area contributed by atoms with Gasteiger partial charge in [-0.1, -0.05) is 0 Å². The van der Waals surface area contributed by atoms with Crippen LogP contribution in [-0.4, -0.2) is 11.1 Å². The number of halogens is 1. The smallest absolute Gasteiger partial charge is 0.336 e. The van der Waals surface area contributed by atoms with E-state index in [9.17, 15) is 4.79 Å². The highest BCUT2D eigenvalue weighted by molar-refractivity contribution is 14.1. The van der Waals surface area contributed by atoms with Gasteiger partial charge in [0, 0.05) is 9.32 Å². The van der Waals surface area contributed by atoms with Crippen molar-refractivity contribution in [3.63, 3.8) is 0 Å². The number of carbonyl (C=O) groups is 1. The lowest BCUT2D eigenvalue weighted by atomic mass is 9.94. The number of benzene rings is 1. The monoisotopic (exact) mass is 336 g/mol. The summed E-state index contributed by atoms with van der Waals surface area (Å²) in [6, 6.07) is 0. The Labute approximate surface area is 109 Å². The summed E-state index contributed by atoms with van der Waals surface area (Å²) in [6.45, 7) is 5.72. The Bertz CT molecular complexity index is 427. The second kappa shape index (κ2) is 4.74. The van der Waals surface area contributed by atoms with E-state index in [1.54, 1.807) is 0 Å². The van der Waals surface area contributed by atoms with Gasteiger partial charge in [-0.05, 0) is 65.6 Å². The van der Waals surface area contributed by atoms with Crippen LogP contribution in [-0.2, 0) is 5.75 Å². The molecule has 0 atom stereocenters. The molecule has 0 saturated heterocycles. The molecule has 0 amide bonds. The predicted molar refractivity (Wildman–Crippen MR) is 73.0 cm³/mol. The first-order valence-corrected chi connectivity index (χ1v) is 6.25. The van der Waals surface area contributed by atoms with Crippen molar-refractivity contribution in [1.82, 2.24) is 0 Å². The quantitative estimate of drug-likeness (QED) is 0.642. The molecule has 0 spiro atoms. The highest BCUT2D eigenvalue weighted by atomic mass is 127. The number of thiol groups is 1. The van der Waals surface area contributed by atoms with Crippen molar-refractivity contribution in [2.75, 3.05) is 0 Å². The maximum atomic E-state index is 11.1. The minimum absolute atomic E-state index is 0.425. The molecular weight excluding hydrogens is 323 g/mol. The molecule has 0 unspecified atom stereocenters. The number of rotatable bonds is 2. The number of hydrogen-bond acceptors (Lipinski definition) is 2. The average molecular weight is 336 g/mol. The van der Waals surface area contributed by atoms with E-state index in [-0.39, 0.29) is 0 Å². The first-order valence-electron chi connectivity index (χ1n) is 4.54. The molecule has 1 N–H and O–H groups in total. The van der Waals surface area contributed by atoms with Gasteiger partial charge in [0.15, 0.2) is 0 Å². The zero-order valence-electron chi connectivity index (χ0n) is 8.89. The Morgan fingerprint density at radius 1 is 1.27 bits per heavy atom. The maximum Gasteiger partial charge on any atom is 0.336 e. The van der Waals surface area contributed by atoms with E-state index in [0.717, 1.165) is 25.8 Å². The Hall–Kier alpha value is -0.230. The van der Waals surface area contributed by atoms with Crippen molar-refractivity contribution in [2.24, 2.45) is 0 Å². The van der Waals surface area contributed by atoms with Crippen molar-refractivity contribution in [3.05, 3.63) is 31.4 Å². The fourth-order valence-corrected chi connectivity index (χ4v) is 2.86. The third-order valence-corrected chi connectivity index (χ3v) is 4.62. The van der Waals surface area contributed by atoms with Crippen LogP contribution in [0.4, 0.5) is 0 Å². The minimum Gasteiger partial charge on any atom is -0.478 e. The zero-order valence-corrected chi connectivity index (χ0v) is 11.9. The highest BCUT2D eigenvalue weighted by Gasteiger charge is 2.18. The Morgan fingerprint density at radius 3 is 2.20 bits per heavy atom. The number of hydrogen-bond donors (Lipinski definition) is 2. The molecule has 0 saturated carbocycles. The van der Waals surface area contributed by atoms with Crippen LogP contribution in [0.2, 0.25) is 0 Å². The molecule has 0 aliphatic rings. The van der Waals surface area contributed by atoms with Crippen molar-refractivity contribution >= 4 is 41.2 Å². The van der Waals surface area contributed by atoms with Gasteiger partial charge >= 0.3 is 5.97 Å². The number of carboxylic acid groups (broad SMARTS) is 1. The van der Waals surface area contributed by atoms with Crippen LogP contribution in [0.15, 0.2) is 0 Å². The van der Waals surface area contributed by atoms with Crippen molar-refractivity contribution < 1.29 is 9.90 Å². The first kappa shape index (κ1) is 12.8. The van der Waals surface area contributed by atoms with E-state index < -0.39 is 5.97 Å². The van der Waals surface area contributed by atoms with Gasteiger partial charge in [-0.2, -0.15) is 12.6 Å². The van der Waals surface area contributed by atoms with Gasteiger partial charge in [0.25, 0.3) is 0 Å². The van der Waals surface area contributed by atoms with E-state index in [2.05, 4.69) is 35.2 Å². The first-order chi connectivity index (χ1) is 6.91. The van der Waals surface area contributed by atoms with Crippen LogP contribution in [0.3, 0.4) is 0 Å². The van der Waals surface area contributed by atoms with Gasteiger partial charge in [0.2, 0.25) is 0 Å². The molecule has 0 aromatic heterocycles. The van der Waals surface area contributed by atoms with Gasteiger partial charge < -0.3 is 5.11 Å². The van der Waals surface area contributed by atoms with E-state index in [1.165, 1.54) is 0 Å². The summed E-state index contributed by atoms with van der Waals surface area (Å²) in [6.07, 6.45) is 0. The Balaban J connectivity index is 3.68. The molecule has 15 heavy (non-hydrogen) atoms. The topological polar surface area (TPSA) is 37.3 Å². The number of aromatic carboxylic acids is 1. The van der Waals surface area contributed by atoms with E-state index in [0.29, 0.717) is 11.3 Å². The Kier molecular flexibility index (Phi) is 4.06. The molecule has 1 aromatic rings. The third kappa shape index (κ3) is 2.15. The van der Waals surface area contributed by atoms with E-state index in [1.807, 2.05) is 20.8 Å². The van der Waals surface area contributed by atoms with Crippen LogP contribution >= 0.6 is 35.2 Å². The van der Waals surface area contributed by atoms with Gasteiger partial charge in [-0.25, -0.2) is 4.79 Å². The van der Waals surface area contributed by atoms with Gasteiger partial charge in [0.1, 0.15) is 0 Å². The molecule has 0 aliphatic heterocycles. The molecule has 0 aliphatic carbocycles. The van der Waals surface area contributed by atoms with E-state index >= 15 is 0 Å². The molecule has 82 valence electrons. The van der Waals surface area contributed by atoms with Crippen molar-refractivity contribution in [3.8, 4) is 0 Å². The van der Waals surface area contributed by atoms with Crippen LogP contribution < -0.4 is 0 Å².